The van der Waals surface area contributed by atoms with Crippen LogP contribution in [-0.4, -0.2) is 29.2 Å². The van der Waals surface area contributed by atoms with Gasteiger partial charge in [-0.05, 0) is 60.9 Å². The van der Waals surface area contributed by atoms with E-state index in [0.717, 1.165) is 75.0 Å². The number of fused-ring (bicyclic) bond motifs is 2. The van der Waals surface area contributed by atoms with Crippen LogP contribution < -0.4 is 10.1 Å². The number of pyridine rings is 1. The number of hydrogen-bond acceptors (Lipinski definition) is 4. The molecule has 0 saturated carbocycles. The summed E-state index contributed by atoms with van der Waals surface area (Å²) in [5.74, 6) is 0.770. The summed E-state index contributed by atoms with van der Waals surface area (Å²) in [5.41, 5.74) is 4.57. The van der Waals surface area contributed by atoms with E-state index in [1.165, 1.54) is 23.2 Å². The van der Waals surface area contributed by atoms with Crippen molar-refractivity contribution in [2.24, 2.45) is 0 Å². The number of nitrogens with zero attached hydrogens (tertiary/aromatic N) is 1. The summed E-state index contributed by atoms with van der Waals surface area (Å²) in [5, 5.41) is 13.1. The highest BCUT2D eigenvalue weighted by atomic mass is 16.5. The van der Waals surface area contributed by atoms with Crippen LogP contribution in [0.1, 0.15) is 73.2 Å². The number of aromatic nitrogens is 1. The topological polar surface area (TPSA) is 71.5 Å². The van der Waals surface area contributed by atoms with Gasteiger partial charge in [-0.15, -0.1) is 0 Å². The minimum atomic E-state index is -0.736. The summed E-state index contributed by atoms with van der Waals surface area (Å²) in [4.78, 5) is 16.5. The van der Waals surface area contributed by atoms with E-state index < -0.39 is 11.9 Å². The maximum Gasteiger partial charge on any atom is 0.310 e. The number of benzene rings is 1. The standard InChI is InChI=1S/C25H32N2O3/c28-25(29)22(20-11-10-18-14-16-30-23(18)17-20)9-5-3-1-2-4-8-21-13-12-19-7-6-15-26-24(19)27-21/h10-13,17,22H,1-9,14-16H2,(H,26,27)(H,28,29)/t22-/m0/s1. The average molecular weight is 409 g/mol. The van der Waals surface area contributed by atoms with Crippen LogP contribution in [-0.2, 0) is 24.1 Å². The Kier molecular flexibility index (Phi) is 6.88. The minimum absolute atomic E-state index is 0.438. The molecular formula is C25H32N2O3. The van der Waals surface area contributed by atoms with Gasteiger partial charge >= 0.3 is 5.97 Å². The van der Waals surface area contributed by atoms with Crippen molar-refractivity contribution in [2.75, 3.05) is 18.5 Å². The van der Waals surface area contributed by atoms with Gasteiger partial charge in [0.25, 0.3) is 0 Å². The van der Waals surface area contributed by atoms with Gasteiger partial charge in [0.05, 0.1) is 12.5 Å². The van der Waals surface area contributed by atoms with Gasteiger partial charge in [-0.1, -0.05) is 43.9 Å². The lowest BCUT2D eigenvalue weighted by atomic mass is 9.92. The average Bonchev–Trinajstić information content (AvgIpc) is 3.23. The second kappa shape index (κ2) is 9.96. The van der Waals surface area contributed by atoms with Gasteiger partial charge < -0.3 is 15.2 Å². The minimum Gasteiger partial charge on any atom is -0.493 e. The molecular weight excluding hydrogens is 376 g/mol. The molecule has 2 N–H and O–H groups in total. The molecule has 0 saturated heterocycles. The maximum absolute atomic E-state index is 11.8. The fraction of sp³-hybridized carbons (Fsp3) is 0.520. The number of rotatable bonds is 10. The normalized spacial score (nSPS) is 15.6. The molecule has 1 atom stereocenters. The molecule has 160 valence electrons. The lowest BCUT2D eigenvalue weighted by Crippen LogP contribution is -2.13. The monoisotopic (exact) mass is 408 g/mol. The van der Waals surface area contributed by atoms with E-state index in [9.17, 15) is 9.90 Å². The Morgan fingerprint density at radius 2 is 1.90 bits per heavy atom. The van der Waals surface area contributed by atoms with Crippen LogP contribution in [0.2, 0.25) is 0 Å². The van der Waals surface area contributed by atoms with Crippen LogP contribution >= 0.6 is 0 Å². The zero-order valence-electron chi connectivity index (χ0n) is 17.7. The van der Waals surface area contributed by atoms with Gasteiger partial charge in [0, 0.05) is 18.7 Å². The second-order valence-corrected chi connectivity index (χ2v) is 8.50. The molecule has 0 amide bonds. The molecule has 0 spiro atoms. The first-order valence-corrected chi connectivity index (χ1v) is 11.4. The Bertz CT molecular complexity index is 881. The fourth-order valence-corrected chi connectivity index (χ4v) is 4.53. The van der Waals surface area contributed by atoms with Crippen molar-refractivity contribution in [3.63, 3.8) is 0 Å². The third kappa shape index (κ3) is 5.13. The van der Waals surface area contributed by atoms with Gasteiger partial charge in [-0.2, -0.15) is 0 Å². The number of anilines is 1. The molecule has 0 bridgehead atoms. The number of carboxylic acid groups (broad SMARTS) is 1. The summed E-state index contributed by atoms with van der Waals surface area (Å²) in [7, 11) is 0. The van der Waals surface area contributed by atoms with Crippen molar-refractivity contribution < 1.29 is 14.6 Å². The zero-order chi connectivity index (χ0) is 20.8. The third-order valence-corrected chi connectivity index (χ3v) is 6.30. The van der Waals surface area contributed by atoms with Gasteiger partial charge in [0.15, 0.2) is 0 Å². The molecule has 0 aliphatic carbocycles. The highest BCUT2D eigenvalue weighted by Gasteiger charge is 2.22. The molecule has 0 fully saturated rings. The number of carboxylic acids is 1. The quantitative estimate of drug-likeness (QED) is 0.534. The molecule has 5 heteroatoms. The molecule has 2 aromatic rings. The fourth-order valence-electron chi connectivity index (χ4n) is 4.53. The van der Waals surface area contributed by atoms with Crippen LogP contribution in [0.5, 0.6) is 5.75 Å². The first-order valence-electron chi connectivity index (χ1n) is 11.4. The van der Waals surface area contributed by atoms with Crippen LogP contribution in [0.3, 0.4) is 0 Å². The highest BCUT2D eigenvalue weighted by molar-refractivity contribution is 5.76. The van der Waals surface area contributed by atoms with E-state index >= 15 is 0 Å². The van der Waals surface area contributed by atoms with Crippen molar-refractivity contribution >= 4 is 11.8 Å². The first-order chi connectivity index (χ1) is 14.7. The molecule has 0 radical (unpaired) electrons. The predicted octanol–water partition coefficient (Wildman–Crippen LogP) is 5.13. The smallest absolute Gasteiger partial charge is 0.310 e. The van der Waals surface area contributed by atoms with Crippen molar-refractivity contribution in [3.05, 3.63) is 52.7 Å². The number of aryl methyl sites for hydroxylation is 2. The summed E-state index contributed by atoms with van der Waals surface area (Å²) < 4.78 is 5.60. The molecule has 3 heterocycles. The van der Waals surface area contributed by atoms with Crippen LogP contribution in [0, 0.1) is 0 Å². The number of aliphatic carboxylic acids is 1. The van der Waals surface area contributed by atoms with Gasteiger partial charge in [-0.3, -0.25) is 4.79 Å². The molecule has 5 nitrogen and oxygen atoms in total. The van der Waals surface area contributed by atoms with E-state index in [0.29, 0.717) is 13.0 Å². The largest absolute Gasteiger partial charge is 0.493 e. The number of carbonyl (C=O) groups is 1. The highest BCUT2D eigenvalue weighted by Crippen LogP contribution is 2.31. The summed E-state index contributed by atoms with van der Waals surface area (Å²) in [6, 6.07) is 10.3. The Morgan fingerprint density at radius 1 is 1.07 bits per heavy atom. The number of ether oxygens (including phenoxy) is 1. The SMILES string of the molecule is O=C(O)[C@@H](CCCCCCCc1ccc2c(n1)NCCC2)c1ccc2c(c1)OCC2. The lowest BCUT2D eigenvalue weighted by molar-refractivity contribution is -0.139. The molecule has 1 aromatic heterocycles. The Morgan fingerprint density at radius 3 is 2.80 bits per heavy atom. The molecule has 4 rings (SSSR count). The Balaban J connectivity index is 1.17. The Hall–Kier alpha value is -2.56. The zero-order valence-corrected chi connectivity index (χ0v) is 17.7. The van der Waals surface area contributed by atoms with Crippen LogP contribution in [0.4, 0.5) is 5.82 Å². The molecule has 0 unspecified atom stereocenters. The van der Waals surface area contributed by atoms with Crippen molar-refractivity contribution in [2.45, 2.75) is 70.1 Å². The molecule has 2 aliphatic heterocycles. The lowest BCUT2D eigenvalue weighted by Gasteiger charge is -2.17. The van der Waals surface area contributed by atoms with E-state index in [1.807, 2.05) is 18.2 Å². The van der Waals surface area contributed by atoms with E-state index in [1.54, 1.807) is 0 Å². The summed E-state index contributed by atoms with van der Waals surface area (Å²) in [6.07, 6.45) is 10.4. The van der Waals surface area contributed by atoms with Crippen molar-refractivity contribution in [1.82, 2.24) is 4.98 Å². The molecule has 1 aromatic carbocycles. The third-order valence-electron chi connectivity index (χ3n) is 6.30. The number of nitrogens with one attached hydrogen (secondary N) is 1. The molecule has 2 aliphatic rings. The van der Waals surface area contributed by atoms with Crippen LogP contribution in [0.25, 0.3) is 0 Å². The van der Waals surface area contributed by atoms with E-state index in [2.05, 4.69) is 17.4 Å². The molecule has 30 heavy (non-hydrogen) atoms. The van der Waals surface area contributed by atoms with Gasteiger partial charge in [0.1, 0.15) is 11.6 Å². The van der Waals surface area contributed by atoms with Gasteiger partial charge in [0.2, 0.25) is 0 Å². The van der Waals surface area contributed by atoms with Crippen molar-refractivity contribution in [3.8, 4) is 5.75 Å². The van der Waals surface area contributed by atoms with Crippen LogP contribution in [0.15, 0.2) is 30.3 Å². The number of unbranched alkanes of at least 4 members (excludes halogenated alkanes) is 4. The Labute approximate surface area is 178 Å². The first kappa shape index (κ1) is 20.7. The van der Waals surface area contributed by atoms with Crippen molar-refractivity contribution in [1.29, 1.82) is 0 Å². The summed E-state index contributed by atoms with van der Waals surface area (Å²) >= 11 is 0. The second-order valence-electron chi connectivity index (χ2n) is 8.50. The van der Waals surface area contributed by atoms with E-state index in [-0.39, 0.29) is 0 Å². The summed E-state index contributed by atoms with van der Waals surface area (Å²) in [6.45, 7) is 1.73. The van der Waals surface area contributed by atoms with E-state index in [4.69, 9.17) is 9.72 Å². The number of hydrogen-bond donors (Lipinski definition) is 2. The maximum atomic E-state index is 11.8. The predicted molar refractivity (Wildman–Crippen MR) is 118 cm³/mol. The van der Waals surface area contributed by atoms with Gasteiger partial charge in [-0.25, -0.2) is 4.98 Å².